The first kappa shape index (κ1) is 15.6. The lowest BCUT2D eigenvalue weighted by molar-refractivity contribution is 0.0763. The van der Waals surface area contributed by atoms with Crippen molar-refractivity contribution in [3.05, 3.63) is 11.4 Å². The third-order valence-corrected chi connectivity index (χ3v) is 3.85. The molecule has 8 heteroatoms. The summed E-state index contributed by atoms with van der Waals surface area (Å²) < 4.78 is 23.4. The summed E-state index contributed by atoms with van der Waals surface area (Å²) in [6, 6.07) is 0. The molecule has 0 unspecified atom stereocenters. The minimum Gasteiger partial charge on any atom is -0.338 e. The molecule has 1 heterocycles. The smallest absolute Gasteiger partial charge is 0.275 e. The van der Waals surface area contributed by atoms with Crippen LogP contribution in [-0.4, -0.2) is 42.5 Å². The van der Waals surface area contributed by atoms with Gasteiger partial charge >= 0.3 is 0 Å². The molecule has 1 aromatic rings. The molecule has 0 spiro atoms. The lowest BCUT2D eigenvalue weighted by atomic mass is 10.1. The predicted molar refractivity (Wildman–Crippen MR) is 71.3 cm³/mol. The highest BCUT2D eigenvalue weighted by molar-refractivity contribution is 7.89. The average molecular weight is 288 g/mol. The van der Waals surface area contributed by atoms with Crippen molar-refractivity contribution in [2.45, 2.75) is 38.5 Å². The second kappa shape index (κ2) is 5.70. The maximum absolute atomic E-state index is 12.2. The third kappa shape index (κ3) is 3.13. The Morgan fingerprint density at radius 1 is 1.37 bits per heavy atom. The van der Waals surface area contributed by atoms with Gasteiger partial charge < -0.3 is 4.90 Å². The molecule has 0 saturated carbocycles. The molecule has 1 rings (SSSR count). The topological polar surface area (TPSA) is 109 Å². The van der Waals surface area contributed by atoms with Gasteiger partial charge in [0.1, 0.15) is 4.90 Å². The molecule has 0 aliphatic rings. The Kier molecular flexibility index (Phi) is 4.70. The molecule has 1 amide bonds. The number of nitrogens with one attached hydrogen (secondary N) is 1. The molecule has 0 aliphatic carbocycles. The Bertz CT molecular complexity index is 558. The molecule has 0 atom stereocenters. The van der Waals surface area contributed by atoms with E-state index in [0.29, 0.717) is 18.8 Å². The monoisotopic (exact) mass is 288 g/mol. The van der Waals surface area contributed by atoms with Crippen molar-refractivity contribution in [2.75, 3.05) is 13.1 Å². The van der Waals surface area contributed by atoms with Crippen LogP contribution in [-0.2, 0) is 10.0 Å². The molecule has 3 N–H and O–H groups in total. The zero-order valence-corrected chi connectivity index (χ0v) is 12.4. The fraction of sp³-hybridized carbons (Fsp3) is 0.636. The maximum atomic E-state index is 12.2. The zero-order chi connectivity index (χ0) is 14.8. The summed E-state index contributed by atoms with van der Waals surface area (Å²) in [6.07, 6.45) is 0. The average Bonchev–Trinajstić information content (AvgIpc) is 2.74. The number of H-pyrrole nitrogens is 1. The lowest BCUT2D eigenvalue weighted by Gasteiger charge is -2.17. The fourth-order valence-corrected chi connectivity index (χ4v) is 2.82. The molecule has 0 aromatic carbocycles. The van der Waals surface area contributed by atoms with Gasteiger partial charge in [0.25, 0.3) is 5.91 Å². The summed E-state index contributed by atoms with van der Waals surface area (Å²) in [5.41, 5.74) is 0.230. The van der Waals surface area contributed by atoms with E-state index in [0.717, 1.165) is 0 Å². The lowest BCUT2D eigenvalue weighted by Crippen LogP contribution is -2.32. The van der Waals surface area contributed by atoms with Crippen molar-refractivity contribution in [3.63, 3.8) is 0 Å². The van der Waals surface area contributed by atoms with Gasteiger partial charge in [0.05, 0.1) is 5.69 Å². The van der Waals surface area contributed by atoms with Gasteiger partial charge in [-0.3, -0.25) is 9.89 Å². The first-order valence-electron chi connectivity index (χ1n) is 6.14. The number of rotatable bonds is 5. The molecule has 108 valence electrons. The molecule has 0 fully saturated rings. The molecule has 0 radical (unpaired) electrons. The van der Waals surface area contributed by atoms with E-state index < -0.39 is 15.9 Å². The zero-order valence-electron chi connectivity index (χ0n) is 11.6. The minimum absolute atomic E-state index is 0.126. The number of nitrogens with zero attached hydrogens (tertiary/aromatic N) is 2. The van der Waals surface area contributed by atoms with Crippen LogP contribution in [0.25, 0.3) is 0 Å². The van der Waals surface area contributed by atoms with Crippen molar-refractivity contribution in [1.29, 1.82) is 0 Å². The fourth-order valence-electron chi connectivity index (χ4n) is 1.83. The van der Waals surface area contributed by atoms with Gasteiger partial charge in [0.15, 0.2) is 5.69 Å². The summed E-state index contributed by atoms with van der Waals surface area (Å²) >= 11 is 0. The Labute approximate surface area is 113 Å². The van der Waals surface area contributed by atoms with Crippen LogP contribution in [0.1, 0.15) is 49.8 Å². The number of carbonyl (C=O) groups is 1. The summed E-state index contributed by atoms with van der Waals surface area (Å²) in [6.45, 7) is 8.18. The standard InChI is InChI=1S/C11H20N4O3S/c1-5-15(6-2)11(16)9-10(19(12,17)18)8(7(3)4)13-14-9/h7H,5-6H2,1-4H3,(H,13,14)(H2,12,17,18). The van der Waals surface area contributed by atoms with Crippen LogP contribution in [0.4, 0.5) is 0 Å². The highest BCUT2D eigenvalue weighted by atomic mass is 32.2. The Morgan fingerprint density at radius 2 is 1.89 bits per heavy atom. The van der Waals surface area contributed by atoms with Gasteiger partial charge in [-0.15, -0.1) is 0 Å². The van der Waals surface area contributed by atoms with Gasteiger partial charge in [-0.1, -0.05) is 13.8 Å². The van der Waals surface area contributed by atoms with Crippen molar-refractivity contribution in [2.24, 2.45) is 5.14 Å². The third-order valence-electron chi connectivity index (χ3n) is 2.86. The van der Waals surface area contributed by atoms with Crippen molar-refractivity contribution in [1.82, 2.24) is 15.1 Å². The van der Waals surface area contributed by atoms with E-state index in [4.69, 9.17) is 5.14 Å². The first-order chi connectivity index (χ1) is 8.73. The van der Waals surface area contributed by atoms with Crippen LogP contribution < -0.4 is 5.14 Å². The van der Waals surface area contributed by atoms with E-state index >= 15 is 0 Å². The van der Waals surface area contributed by atoms with E-state index in [1.165, 1.54) is 4.90 Å². The summed E-state index contributed by atoms with van der Waals surface area (Å²) in [5.74, 6) is -0.559. The molecule has 0 aliphatic heterocycles. The first-order valence-corrected chi connectivity index (χ1v) is 7.68. The maximum Gasteiger partial charge on any atom is 0.275 e. The summed E-state index contributed by atoms with van der Waals surface area (Å²) in [7, 11) is -4.00. The molecule has 0 saturated heterocycles. The molecule has 7 nitrogen and oxygen atoms in total. The minimum atomic E-state index is -4.00. The van der Waals surface area contributed by atoms with Crippen molar-refractivity contribution in [3.8, 4) is 0 Å². The molecule has 1 aromatic heterocycles. The number of aromatic amines is 1. The van der Waals surface area contributed by atoms with E-state index in [1.807, 2.05) is 13.8 Å². The molecular formula is C11H20N4O3S. The summed E-state index contributed by atoms with van der Waals surface area (Å²) in [4.78, 5) is 13.5. The van der Waals surface area contributed by atoms with Gasteiger partial charge in [0.2, 0.25) is 10.0 Å². The van der Waals surface area contributed by atoms with Gasteiger partial charge in [-0.25, -0.2) is 13.6 Å². The van der Waals surface area contributed by atoms with Crippen LogP contribution in [0.3, 0.4) is 0 Å². The number of carbonyl (C=O) groups excluding carboxylic acids is 1. The van der Waals surface area contributed by atoms with Crippen molar-refractivity contribution < 1.29 is 13.2 Å². The van der Waals surface area contributed by atoms with Crippen LogP contribution in [0.15, 0.2) is 4.90 Å². The number of hydrogen-bond acceptors (Lipinski definition) is 4. The van der Waals surface area contributed by atoms with Crippen LogP contribution in [0, 0.1) is 0 Å². The van der Waals surface area contributed by atoms with E-state index in [1.54, 1.807) is 13.8 Å². The van der Waals surface area contributed by atoms with Crippen LogP contribution >= 0.6 is 0 Å². The van der Waals surface area contributed by atoms with Crippen LogP contribution in [0.2, 0.25) is 0 Å². The highest BCUT2D eigenvalue weighted by Gasteiger charge is 2.30. The van der Waals surface area contributed by atoms with E-state index in [9.17, 15) is 13.2 Å². The number of hydrogen-bond donors (Lipinski definition) is 2. The quantitative estimate of drug-likeness (QED) is 0.829. The van der Waals surface area contributed by atoms with E-state index in [-0.39, 0.29) is 16.5 Å². The number of nitrogens with two attached hydrogens (primary N) is 1. The number of aromatic nitrogens is 2. The number of sulfonamides is 1. The molecule has 19 heavy (non-hydrogen) atoms. The number of amides is 1. The second-order valence-corrected chi connectivity index (χ2v) is 5.99. The molecular weight excluding hydrogens is 268 g/mol. The Hall–Kier alpha value is -1.41. The SMILES string of the molecule is CCN(CC)C(=O)c1n[nH]c(C(C)C)c1S(N)(=O)=O. The predicted octanol–water partition coefficient (Wildman–Crippen LogP) is 0.662. The van der Waals surface area contributed by atoms with Gasteiger partial charge in [-0.2, -0.15) is 5.10 Å². The largest absolute Gasteiger partial charge is 0.338 e. The van der Waals surface area contributed by atoms with Crippen molar-refractivity contribution >= 4 is 15.9 Å². The number of primary sulfonamides is 1. The van der Waals surface area contributed by atoms with E-state index in [2.05, 4.69) is 10.2 Å². The summed E-state index contributed by atoms with van der Waals surface area (Å²) in [5, 5.41) is 11.7. The normalized spacial score (nSPS) is 11.9. The molecule has 0 bridgehead atoms. The highest BCUT2D eigenvalue weighted by Crippen LogP contribution is 2.24. The Balaban J connectivity index is 3.42. The van der Waals surface area contributed by atoms with Gasteiger partial charge in [0, 0.05) is 13.1 Å². The second-order valence-electron chi connectivity index (χ2n) is 4.49. The van der Waals surface area contributed by atoms with Crippen LogP contribution in [0.5, 0.6) is 0 Å². The van der Waals surface area contributed by atoms with Gasteiger partial charge in [-0.05, 0) is 19.8 Å². The Morgan fingerprint density at radius 3 is 2.26 bits per heavy atom.